The summed E-state index contributed by atoms with van der Waals surface area (Å²) in [4.78, 5) is 24.0. The minimum atomic E-state index is -0.530. The quantitative estimate of drug-likeness (QED) is 0.696. The van der Waals surface area contributed by atoms with Gasteiger partial charge in [-0.2, -0.15) is 0 Å². The van der Waals surface area contributed by atoms with Gasteiger partial charge in [-0.1, -0.05) is 0 Å². The second-order valence-electron chi connectivity index (χ2n) is 3.71. The largest absolute Gasteiger partial charge is 0.463 e. The van der Waals surface area contributed by atoms with Crippen molar-refractivity contribution in [1.82, 2.24) is 4.90 Å². The molecule has 0 unspecified atom stereocenters. The summed E-state index contributed by atoms with van der Waals surface area (Å²) in [6.07, 6.45) is 1.29. The maximum atomic E-state index is 11.5. The summed E-state index contributed by atoms with van der Waals surface area (Å²) in [6.45, 7) is 2.77. The van der Waals surface area contributed by atoms with E-state index in [1.54, 1.807) is 6.92 Å². The topological polar surface area (TPSA) is 81.9 Å². The van der Waals surface area contributed by atoms with Crippen LogP contribution in [0.1, 0.15) is 19.8 Å². The van der Waals surface area contributed by atoms with Gasteiger partial charge in [-0.25, -0.2) is 9.59 Å². The van der Waals surface area contributed by atoms with Gasteiger partial charge in [-0.15, -0.1) is 0 Å². The predicted octanol–water partition coefficient (Wildman–Crippen LogP) is 0.109. The number of hydrogen-bond donors (Lipinski definition) is 1. The van der Waals surface area contributed by atoms with Gasteiger partial charge in [0.25, 0.3) is 0 Å². The summed E-state index contributed by atoms with van der Waals surface area (Å²) in [5, 5.41) is 0. The van der Waals surface area contributed by atoms with E-state index in [4.69, 9.17) is 10.5 Å². The summed E-state index contributed by atoms with van der Waals surface area (Å²) >= 11 is 0. The van der Waals surface area contributed by atoms with Crippen LogP contribution in [0.4, 0.5) is 4.79 Å². The number of piperidine rings is 1. The molecule has 0 aromatic rings. The number of likely N-dealkylation sites (tertiary alicyclic amines) is 1. The van der Waals surface area contributed by atoms with Gasteiger partial charge < -0.3 is 20.1 Å². The van der Waals surface area contributed by atoms with Crippen LogP contribution >= 0.6 is 0 Å². The van der Waals surface area contributed by atoms with E-state index in [2.05, 4.69) is 4.74 Å². The first kappa shape index (κ1) is 12.8. The molecule has 2 N–H and O–H groups in total. The molecule has 1 rings (SSSR count). The van der Waals surface area contributed by atoms with Crippen LogP contribution in [-0.2, 0) is 14.3 Å². The van der Waals surface area contributed by atoms with Gasteiger partial charge >= 0.3 is 12.1 Å². The average molecular weight is 230 g/mol. The van der Waals surface area contributed by atoms with Gasteiger partial charge in [-0.3, -0.25) is 0 Å². The lowest BCUT2D eigenvalue weighted by Gasteiger charge is -2.29. The van der Waals surface area contributed by atoms with Crippen LogP contribution in [0.25, 0.3) is 0 Å². The molecular formula is C10H18N2O4. The number of carbonyl (C=O) groups is 2. The molecule has 0 radical (unpaired) electrons. The number of rotatable bonds is 3. The lowest BCUT2D eigenvalue weighted by Crippen LogP contribution is -2.46. The van der Waals surface area contributed by atoms with E-state index >= 15 is 0 Å². The van der Waals surface area contributed by atoms with E-state index in [0.29, 0.717) is 13.1 Å². The van der Waals surface area contributed by atoms with Crippen LogP contribution in [-0.4, -0.2) is 49.3 Å². The number of esters is 1. The summed E-state index contributed by atoms with van der Waals surface area (Å²) < 4.78 is 9.44. The molecule has 1 aliphatic rings. The predicted molar refractivity (Wildman–Crippen MR) is 56.8 cm³/mol. The summed E-state index contributed by atoms with van der Waals surface area (Å²) in [6, 6.07) is 0.00360. The van der Waals surface area contributed by atoms with Crippen LogP contribution in [0.2, 0.25) is 0 Å². The second-order valence-corrected chi connectivity index (χ2v) is 3.71. The Balaban J connectivity index is 2.26. The Kier molecular flexibility index (Phi) is 5.04. The molecule has 1 amide bonds. The van der Waals surface area contributed by atoms with E-state index in [0.717, 1.165) is 12.8 Å². The van der Waals surface area contributed by atoms with E-state index in [-0.39, 0.29) is 19.3 Å². The lowest BCUT2D eigenvalue weighted by molar-refractivity contribution is -0.146. The van der Waals surface area contributed by atoms with E-state index in [1.165, 1.54) is 4.90 Å². The van der Waals surface area contributed by atoms with Crippen LogP contribution in [0.15, 0.2) is 0 Å². The number of amides is 1. The highest BCUT2D eigenvalue weighted by Crippen LogP contribution is 2.09. The van der Waals surface area contributed by atoms with Crippen molar-refractivity contribution in [3.05, 3.63) is 0 Å². The molecule has 1 heterocycles. The van der Waals surface area contributed by atoms with Crippen molar-refractivity contribution in [2.75, 3.05) is 26.3 Å². The van der Waals surface area contributed by atoms with Crippen LogP contribution in [0.5, 0.6) is 0 Å². The van der Waals surface area contributed by atoms with E-state index in [1.807, 2.05) is 0 Å². The Bertz CT molecular complexity index is 257. The molecule has 0 aliphatic carbocycles. The lowest BCUT2D eigenvalue weighted by atomic mass is 10.1. The smallest absolute Gasteiger partial charge is 0.410 e. The molecule has 1 aliphatic heterocycles. The van der Waals surface area contributed by atoms with Gasteiger partial charge in [0.15, 0.2) is 6.61 Å². The first-order valence-electron chi connectivity index (χ1n) is 5.46. The molecule has 16 heavy (non-hydrogen) atoms. The second kappa shape index (κ2) is 6.32. The highest BCUT2D eigenvalue weighted by molar-refractivity contribution is 5.75. The Morgan fingerprint density at radius 1 is 1.44 bits per heavy atom. The fourth-order valence-corrected chi connectivity index (χ4v) is 1.59. The van der Waals surface area contributed by atoms with Gasteiger partial charge in [0.1, 0.15) is 0 Å². The fourth-order valence-electron chi connectivity index (χ4n) is 1.59. The standard InChI is InChI=1S/C10H18N2O4/c1-2-15-9(13)7-16-10(14)12-5-3-4-8(11)6-12/h8H,2-7,11H2,1H3/t8-/m0/s1. The van der Waals surface area contributed by atoms with E-state index in [9.17, 15) is 9.59 Å². The molecule has 0 aromatic heterocycles. The van der Waals surface area contributed by atoms with Crippen LogP contribution < -0.4 is 5.73 Å². The van der Waals surface area contributed by atoms with Crippen molar-refractivity contribution in [2.45, 2.75) is 25.8 Å². The highest BCUT2D eigenvalue weighted by atomic mass is 16.6. The zero-order valence-corrected chi connectivity index (χ0v) is 9.48. The summed E-state index contributed by atoms with van der Waals surface area (Å²) in [5.74, 6) is -0.530. The Labute approximate surface area is 94.7 Å². The Morgan fingerprint density at radius 3 is 2.81 bits per heavy atom. The fraction of sp³-hybridized carbons (Fsp3) is 0.800. The molecule has 92 valence electrons. The molecule has 0 spiro atoms. The van der Waals surface area contributed by atoms with Gasteiger partial charge in [0.2, 0.25) is 0 Å². The normalized spacial score (nSPS) is 20.4. The zero-order valence-electron chi connectivity index (χ0n) is 9.48. The first-order valence-corrected chi connectivity index (χ1v) is 5.46. The molecule has 0 saturated carbocycles. The maximum absolute atomic E-state index is 11.5. The van der Waals surface area contributed by atoms with Crippen molar-refractivity contribution in [3.8, 4) is 0 Å². The third-order valence-electron chi connectivity index (χ3n) is 2.33. The van der Waals surface area contributed by atoms with Crippen molar-refractivity contribution < 1.29 is 19.1 Å². The van der Waals surface area contributed by atoms with Gasteiger partial charge in [0, 0.05) is 19.1 Å². The van der Waals surface area contributed by atoms with E-state index < -0.39 is 12.1 Å². The number of nitrogens with two attached hydrogens (primary N) is 1. The number of carbonyl (C=O) groups excluding carboxylic acids is 2. The van der Waals surface area contributed by atoms with Gasteiger partial charge in [0.05, 0.1) is 6.61 Å². The van der Waals surface area contributed by atoms with Crippen LogP contribution in [0.3, 0.4) is 0 Å². The van der Waals surface area contributed by atoms with Gasteiger partial charge in [-0.05, 0) is 19.8 Å². The minimum Gasteiger partial charge on any atom is -0.463 e. The van der Waals surface area contributed by atoms with Crippen molar-refractivity contribution >= 4 is 12.1 Å². The Hall–Kier alpha value is -1.30. The molecule has 1 atom stereocenters. The SMILES string of the molecule is CCOC(=O)COC(=O)N1CCC[C@H](N)C1. The minimum absolute atomic E-state index is 0.00360. The third-order valence-corrected chi connectivity index (χ3v) is 2.33. The zero-order chi connectivity index (χ0) is 12.0. The number of nitrogens with zero attached hydrogens (tertiary/aromatic N) is 1. The van der Waals surface area contributed by atoms with Crippen molar-refractivity contribution in [1.29, 1.82) is 0 Å². The number of ether oxygens (including phenoxy) is 2. The molecular weight excluding hydrogens is 212 g/mol. The molecule has 0 aromatic carbocycles. The molecule has 1 fully saturated rings. The van der Waals surface area contributed by atoms with Crippen LogP contribution in [0, 0.1) is 0 Å². The summed E-state index contributed by atoms with van der Waals surface area (Å²) in [7, 11) is 0. The van der Waals surface area contributed by atoms with Crippen molar-refractivity contribution in [2.24, 2.45) is 5.73 Å². The summed E-state index contributed by atoms with van der Waals surface area (Å²) in [5.41, 5.74) is 5.73. The molecule has 1 saturated heterocycles. The monoisotopic (exact) mass is 230 g/mol. The van der Waals surface area contributed by atoms with Crippen molar-refractivity contribution in [3.63, 3.8) is 0 Å². The maximum Gasteiger partial charge on any atom is 0.410 e. The molecule has 6 heteroatoms. The molecule has 0 bridgehead atoms. The first-order chi connectivity index (χ1) is 7.63. The number of hydrogen-bond acceptors (Lipinski definition) is 5. The average Bonchev–Trinajstić information content (AvgIpc) is 2.26. The Morgan fingerprint density at radius 2 is 2.19 bits per heavy atom. The highest BCUT2D eigenvalue weighted by Gasteiger charge is 2.22. The molecule has 6 nitrogen and oxygen atoms in total. The third kappa shape index (κ3) is 4.06.